The lowest BCUT2D eigenvalue weighted by Gasteiger charge is -2.52. The third kappa shape index (κ3) is 2.91. The molecule has 3 heteroatoms. The minimum atomic E-state index is -0.445. The van der Waals surface area contributed by atoms with Gasteiger partial charge in [-0.1, -0.05) is 57.2 Å². The van der Waals surface area contributed by atoms with Gasteiger partial charge in [-0.05, 0) is 36.2 Å². The molecule has 0 radical (unpaired) electrons. The molecule has 24 heavy (non-hydrogen) atoms. The van der Waals surface area contributed by atoms with Gasteiger partial charge in [0.15, 0.2) is 5.78 Å². The van der Waals surface area contributed by atoms with Crippen LogP contribution in [0.25, 0.3) is 0 Å². The first-order valence-corrected chi connectivity index (χ1v) is 8.82. The number of benzene rings is 1. The zero-order valence-corrected chi connectivity index (χ0v) is 14.8. The van der Waals surface area contributed by atoms with Crippen LogP contribution in [0.3, 0.4) is 0 Å². The SMILES string of the molecule is CC1(C)C(=O)C(C#N)=C[C@]2(C)C[C@@H](NCc3ccccc3)CC[C@H]12. The number of allylic oxidation sites excluding steroid dienone is 2. The van der Waals surface area contributed by atoms with E-state index in [2.05, 4.69) is 42.6 Å². The van der Waals surface area contributed by atoms with Crippen molar-refractivity contribution in [2.24, 2.45) is 16.7 Å². The predicted octanol–water partition coefficient (Wildman–Crippen LogP) is 4.01. The molecule has 0 unspecified atom stereocenters. The number of hydrogen-bond donors (Lipinski definition) is 1. The Bertz CT molecular complexity index is 698. The third-order valence-corrected chi connectivity index (χ3v) is 6.02. The van der Waals surface area contributed by atoms with Gasteiger partial charge in [0.1, 0.15) is 6.07 Å². The van der Waals surface area contributed by atoms with Gasteiger partial charge in [-0.25, -0.2) is 0 Å². The summed E-state index contributed by atoms with van der Waals surface area (Å²) >= 11 is 0. The molecule has 3 atom stereocenters. The summed E-state index contributed by atoms with van der Waals surface area (Å²) in [6.45, 7) is 7.11. The van der Waals surface area contributed by atoms with Crippen molar-refractivity contribution in [2.75, 3.05) is 0 Å². The van der Waals surface area contributed by atoms with Crippen molar-refractivity contribution in [3.05, 3.63) is 47.5 Å². The largest absolute Gasteiger partial charge is 0.310 e. The smallest absolute Gasteiger partial charge is 0.178 e. The average Bonchev–Trinajstić information content (AvgIpc) is 2.57. The molecule has 2 aliphatic carbocycles. The summed E-state index contributed by atoms with van der Waals surface area (Å²) in [5, 5.41) is 13.0. The quantitative estimate of drug-likeness (QED) is 0.915. The summed E-state index contributed by atoms with van der Waals surface area (Å²) in [4.78, 5) is 12.6. The summed E-state index contributed by atoms with van der Waals surface area (Å²) in [5.74, 6) is 0.326. The number of nitrogens with one attached hydrogen (secondary N) is 1. The van der Waals surface area contributed by atoms with Gasteiger partial charge in [-0.3, -0.25) is 4.79 Å². The van der Waals surface area contributed by atoms with Crippen LogP contribution in [-0.4, -0.2) is 11.8 Å². The molecule has 1 aromatic carbocycles. The number of fused-ring (bicyclic) bond motifs is 1. The highest BCUT2D eigenvalue weighted by atomic mass is 16.1. The van der Waals surface area contributed by atoms with Crippen LogP contribution in [0.1, 0.15) is 45.6 Å². The highest BCUT2D eigenvalue weighted by Crippen LogP contribution is 2.55. The number of nitriles is 1. The van der Waals surface area contributed by atoms with E-state index < -0.39 is 5.41 Å². The Balaban J connectivity index is 1.77. The van der Waals surface area contributed by atoms with Crippen molar-refractivity contribution in [2.45, 2.75) is 52.6 Å². The highest BCUT2D eigenvalue weighted by molar-refractivity contribution is 6.04. The Labute approximate surface area is 144 Å². The lowest BCUT2D eigenvalue weighted by atomic mass is 9.52. The van der Waals surface area contributed by atoms with Crippen LogP contribution in [0, 0.1) is 28.1 Å². The molecule has 1 fully saturated rings. The molecule has 0 aliphatic heterocycles. The summed E-state index contributed by atoms with van der Waals surface area (Å²) < 4.78 is 0. The van der Waals surface area contributed by atoms with Crippen molar-refractivity contribution < 1.29 is 4.79 Å². The molecule has 3 rings (SSSR count). The molecule has 0 heterocycles. The molecule has 1 N–H and O–H groups in total. The van der Waals surface area contributed by atoms with Crippen LogP contribution < -0.4 is 5.32 Å². The van der Waals surface area contributed by atoms with Crippen LogP contribution in [0.15, 0.2) is 42.0 Å². The molecule has 0 aromatic heterocycles. The van der Waals surface area contributed by atoms with Crippen molar-refractivity contribution in [1.29, 1.82) is 5.26 Å². The van der Waals surface area contributed by atoms with Crippen LogP contribution in [-0.2, 0) is 11.3 Å². The van der Waals surface area contributed by atoms with Crippen LogP contribution in [0.2, 0.25) is 0 Å². The second kappa shape index (κ2) is 6.18. The molecule has 1 aromatic rings. The predicted molar refractivity (Wildman–Crippen MR) is 95.0 cm³/mol. The molecule has 1 saturated carbocycles. The van der Waals surface area contributed by atoms with Gasteiger partial charge < -0.3 is 5.32 Å². The zero-order chi connectivity index (χ0) is 17.4. The Morgan fingerprint density at radius 2 is 1.92 bits per heavy atom. The van der Waals surface area contributed by atoms with E-state index in [1.807, 2.05) is 26.0 Å². The van der Waals surface area contributed by atoms with Gasteiger partial charge in [-0.15, -0.1) is 0 Å². The van der Waals surface area contributed by atoms with E-state index >= 15 is 0 Å². The highest BCUT2D eigenvalue weighted by Gasteiger charge is 2.53. The second-order valence-corrected chi connectivity index (χ2v) is 8.12. The lowest BCUT2D eigenvalue weighted by molar-refractivity contribution is -0.131. The number of carbonyl (C=O) groups is 1. The summed E-state index contributed by atoms with van der Waals surface area (Å²) in [7, 11) is 0. The van der Waals surface area contributed by atoms with Crippen molar-refractivity contribution in [1.82, 2.24) is 5.32 Å². The molecule has 126 valence electrons. The third-order valence-electron chi connectivity index (χ3n) is 6.02. The maximum absolute atomic E-state index is 12.6. The van der Waals surface area contributed by atoms with E-state index in [1.54, 1.807) is 0 Å². The minimum absolute atomic E-state index is 0.0168. The van der Waals surface area contributed by atoms with E-state index in [0.29, 0.717) is 17.5 Å². The average molecular weight is 322 g/mol. The zero-order valence-electron chi connectivity index (χ0n) is 14.8. The fourth-order valence-corrected chi connectivity index (χ4v) is 4.83. The fraction of sp³-hybridized carbons (Fsp3) is 0.524. The van der Waals surface area contributed by atoms with Crippen molar-refractivity contribution in [3.63, 3.8) is 0 Å². The minimum Gasteiger partial charge on any atom is -0.310 e. The normalized spacial score (nSPS) is 31.8. The van der Waals surface area contributed by atoms with E-state index in [1.165, 1.54) is 5.56 Å². The van der Waals surface area contributed by atoms with Gasteiger partial charge in [0.25, 0.3) is 0 Å². The molecule has 0 saturated heterocycles. The molecule has 0 amide bonds. The molecule has 0 spiro atoms. The number of carbonyl (C=O) groups excluding carboxylic acids is 1. The number of ketones is 1. The van der Waals surface area contributed by atoms with E-state index in [0.717, 1.165) is 25.8 Å². The van der Waals surface area contributed by atoms with Gasteiger partial charge in [0.05, 0.1) is 5.57 Å². The van der Waals surface area contributed by atoms with Crippen molar-refractivity contribution >= 4 is 5.78 Å². The van der Waals surface area contributed by atoms with Crippen LogP contribution >= 0.6 is 0 Å². The first kappa shape index (κ1) is 16.9. The van der Waals surface area contributed by atoms with E-state index in [-0.39, 0.29) is 11.2 Å². The van der Waals surface area contributed by atoms with Crippen LogP contribution in [0.4, 0.5) is 0 Å². The van der Waals surface area contributed by atoms with Gasteiger partial charge in [0.2, 0.25) is 0 Å². The number of hydrogen-bond acceptors (Lipinski definition) is 3. The Morgan fingerprint density at radius 3 is 2.58 bits per heavy atom. The molecular weight excluding hydrogens is 296 g/mol. The maximum atomic E-state index is 12.6. The number of Topliss-reactive ketones (excluding diaryl/α,β-unsaturated/α-hetero) is 1. The van der Waals surface area contributed by atoms with Gasteiger partial charge >= 0.3 is 0 Å². The molecular formula is C21H26N2O. The second-order valence-electron chi connectivity index (χ2n) is 8.12. The van der Waals surface area contributed by atoms with Gasteiger partial charge in [-0.2, -0.15) is 5.26 Å². The molecule has 0 bridgehead atoms. The number of nitrogens with zero attached hydrogens (tertiary/aromatic N) is 1. The summed E-state index contributed by atoms with van der Waals surface area (Å²) in [5.41, 5.74) is 1.10. The Kier molecular flexibility index (Phi) is 4.36. The molecule has 2 aliphatic rings. The summed E-state index contributed by atoms with van der Waals surface area (Å²) in [6, 6.07) is 13.0. The fourth-order valence-electron chi connectivity index (χ4n) is 4.83. The van der Waals surface area contributed by atoms with E-state index in [4.69, 9.17) is 0 Å². The lowest BCUT2D eigenvalue weighted by Crippen LogP contribution is -2.52. The topological polar surface area (TPSA) is 52.9 Å². The Morgan fingerprint density at radius 1 is 1.21 bits per heavy atom. The molecule has 3 nitrogen and oxygen atoms in total. The standard InChI is InChI=1S/C21H26N2O/c1-20(2)18-10-9-17(23-14-15-7-5-4-6-8-15)12-21(18,3)11-16(13-22)19(20)24/h4-8,11,17-18,23H,9-10,12,14H2,1-3H3/t17-,18+,21+/m0/s1. The van der Waals surface area contributed by atoms with Crippen LogP contribution in [0.5, 0.6) is 0 Å². The van der Waals surface area contributed by atoms with Crippen molar-refractivity contribution in [3.8, 4) is 6.07 Å². The summed E-state index contributed by atoms with van der Waals surface area (Å²) in [6.07, 6.45) is 5.05. The van der Waals surface area contributed by atoms with E-state index in [9.17, 15) is 10.1 Å². The monoisotopic (exact) mass is 322 g/mol. The first-order valence-electron chi connectivity index (χ1n) is 8.82. The first-order chi connectivity index (χ1) is 11.4. The van der Waals surface area contributed by atoms with Gasteiger partial charge in [0, 0.05) is 18.0 Å². The Hall–Kier alpha value is -1.92. The number of rotatable bonds is 3. The maximum Gasteiger partial charge on any atom is 0.178 e.